The van der Waals surface area contributed by atoms with Crippen LogP contribution in [0.1, 0.15) is 12.8 Å². The van der Waals surface area contributed by atoms with Crippen molar-refractivity contribution < 1.29 is 4.79 Å². The van der Waals surface area contributed by atoms with Crippen LogP contribution in [0.15, 0.2) is 41.9 Å². The van der Waals surface area contributed by atoms with E-state index in [1.807, 2.05) is 11.0 Å². The molecule has 128 valence electrons. The van der Waals surface area contributed by atoms with Crippen LogP contribution in [0, 0.1) is 0 Å². The average Bonchev–Trinajstić information content (AvgIpc) is 3.37. The topological polar surface area (TPSA) is 58.1 Å². The van der Waals surface area contributed by atoms with E-state index in [0.29, 0.717) is 25.5 Å². The number of carbonyl (C=O) groups is 1. The highest BCUT2D eigenvalue weighted by Crippen LogP contribution is 2.35. The minimum atomic E-state index is 0.246. The van der Waals surface area contributed by atoms with Crippen molar-refractivity contribution in [3.63, 3.8) is 0 Å². The van der Waals surface area contributed by atoms with Crippen LogP contribution in [0.25, 0.3) is 20.3 Å². The molecule has 4 heterocycles. The molecular formula is C18H18N4OS2. The van der Waals surface area contributed by atoms with Crippen molar-refractivity contribution in [3.05, 3.63) is 41.9 Å². The average molecular weight is 371 g/mol. The van der Waals surface area contributed by atoms with Crippen molar-refractivity contribution in [1.29, 1.82) is 0 Å². The second-order valence-electron chi connectivity index (χ2n) is 5.82. The van der Waals surface area contributed by atoms with Crippen molar-refractivity contribution in [1.82, 2.24) is 14.9 Å². The van der Waals surface area contributed by atoms with E-state index in [1.165, 1.54) is 9.75 Å². The quantitative estimate of drug-likeness (QED) is 0.713. The summed E-state index contributed by atoms with van der Waals surface area (Å²) in [7, 11) is 0. The monoisotopic (exact) mass is 370 g/mol. The summed E-state index contributed by atoms with van der Waals surface area (Å²) in [5, 5.41) is 5.32. The van der Waals surface area contributed by atoms with Gasteiger partial charge in [0, 0.05) is 42.0 Å². The van der Waals surface area contributed by atoms with Crippen molar-refractivity contribution >= 4 is 34.5 Å². The molecule has 1 aliphatic heterocycles. The molecule has 0 radical (unpaired) electrons. The van der Waals surface area contributed by atoms with Gasteiger partial charge in [0.05, 0.1) is 10.6 Å². The van der Waals surface area contributed by atoms with Crippen molar-refractivity contribution in [2.24, 2.45) is 0 Å². The molecule has 1 N–H and O–H groups in total. The smallest absolute Gasteiger partial charge is 0.223 e. The summed E-state index contributed by atoms with van der Waals surface area (Å²) >= 11 is 3.48. The molecule has 1 aliphatic rings. The van der Waals surface area contributed by atoms with Gasteiger partial charge in [-0.15, -0.1) is 22.7 Å². The second kappa shape index (κ2) is 7.33. The van der Waals surface area contributed by atoms with Crippen LogP contribution in [0.2, 0.25) is 0 Å². The minimum Gasteiger partial charge on any atom is -0.352 e. The number of hydrogen-bond donors (Lipinski definition) is 1. The Kier molecular flexibility index (Phi) is 4.76. The van der Waals surface area contributed by atoms with Crippen molar-refractivity contribution in [3.8, 4) is 20.3 Å². The van der Waals surface area contributed by atoms with Gasteiger partial charge in [-0.2, -0.15) is 0 Å². The number of nitrogens with one attached hydrogen (secondary N) is 1. The molecule has 5 nitrogen and oxygen atoms in total. The van der Waals surface area contributed by atoms with Gasteiger partial charge in [-0.25, -0.2) is 9.97 Å². The number of carbonyl (C=O) groups excluding carboxylic acids is 1. The largest absolute Gasteiger partial charge is 0.352 e. The molecule has 0 aromatic carbocycles. The number of rotatable bonds is 6. The van der Waals surface area contributed by atoms with Gasteiger partial charge in [-0.1, -0.05) is 6.07 Å². The Morgan fingerprint density at radius 3 is 2.88 bits per heavy atom. The first kappa shape index (κ1) is 16.2. The summed E-state index contributed by atoms with van der Waals surface area (Å²) in [6.07, 6.45) is 3.42. The van der Waals surface area contributed by atoms with E-state index in [1.54, 1.807) is 28.9 Å². The number of thiophene rings is 2. The molecule has 0 spiro atoms. The highest BCUT2D eigenvalue weighted by Gasteiger charge is 2.19. The Morgan fingerprint density at radius 1 is 1.16 bits per heavy atom. The maximum Gasteiger partial charge on any atom is 0.223 e. The van der Waals surface area contributed by atoms with Gasteiger partial charge in [0.25, 0.3) is 0 Å². The lowest BCUT2D eigenvalue weighted by Crippen LogP contribution is -2.30. The zero-order valence-electron chi connectivity index (χ0n) is 13.6. The molecule has 0 saturated carbocycles. The predicted octanol–water partition coefficient (Wildman–Crippen LogP) is 3.97. The lowest BCUT2D eigenvalue weighted by atomic mass is 10.3. The molecule has 1 saturated heterocycles. The molecule has 0 unspecified atom stereocenters. The molecule has 0 aliphatic carbocycles. The summed E-state index contributed by atoms with van der Waals surface area (Å²) in [4.78, 5) is 26.1. The number of hydrogen-bond acceptors (Lipinski definition) is 6. The fourth-order valence-corrected chi connectivity index (χ4v) is 4.66. The number of nitrogens with zero attached hydrogens (tertiary/aromatic N) is 3. The van der Waals surface area contributed by atoms with E-state index in [0.717, 1.165) is 23.5 Å². The molecule has 4 rings (SSSR count). The number of anilines is 1. The van der Waals surface area contributed by atoms with Crippen LogP contribution < -0.4 is 5.32 Å². The molecule has 7 heteroatoms. The lowest BCUT2D eigenvalue weighted by molar-refractivity contribution is -0.127. The Labute approximate surface area is 154 Å². The van der Waals surface area contributed by atoms with E-state index in [9.17, 15) is 4.79 Å². The summed E-state index contributed by atoms with van der Waals surface area (Å²) < 4.78 is 0. The molecule has 0 bridgehead atoms. The number of amides is 1. The maximum atomic E-state index is 11.6. The van der Waals surface area contributed by atoms with Crippen LogP contribution in [0.5, 0.6) is 0 Å². The first-order valence-electron chi connectivity index (χ1n) is 8.28. The Hall–Kier alpha value is -2.25. The lowest BCUT2D eigenvalue weighted by Gasteiger charge is -2.15. The van der Waals surface area contributed by atoms with Crippen LogP contribution in [0.4, 0.5) is 5.95 Å². The molecule has 25 heavy (non-hydrogen) atoms. The normalized spacial score (nSPS) is 14.2. The third kappa shape index (κ3) is 3.72. The van der Waals surface area contributed by atoms with Crippen LogP contribution in [-0.4, -0.2) is 40.4 Å². The standard InChI is InChI=1S/C18H18N4OS2/c23-17-4-1-10-22(17)11-9-20-18-19-8-7-13(21-18)14-5-6-16(25-14)15-3-2-12-24-15/h2-3,5-8,12H,1,4,9-11H2,(H,19,20,21). The summed E-state index contributed by atoms with van der Waals surface area (Å²) in [6.45, 7) is 2.23. The van der Waals surface area contributed by atoms with E-state index < -0.39 is 0 Å². The number of aromatic nitrogens is 2. The van der Waals surface area contributed by atoms with Gasteiger partial charge in [-0.3, -0.25) is 4.79 Å². The van der Waals surface area contributed by atoms with Gasteiger partial charge in [0.2, 0.25) is 11.9 Å². The van der Waals surface area contributed by atoms with Gasteiger partial charge >= 0.3 is 0 Å². The predicted molar refractivity (Wildman–Crippen MR) is 103 cm³/mol. The van der Waals surface area contributed by atoms with E-state index in [4.69, 9.17) is 0 Å². The van der Waals surface area contributed by atoms with Gasteiger partial charge in [-0.05, 0) is 36.1 Å². The summed E-state index contributed by atoms with van der Waals surface area (Å²) in [6, 6.07) is 10.4. The zero-order chi connectivity index (χ0) is 17.1. The Morgan fingerprint density at radius 2 is 2.08 bits per heavy atom. The molecule has 0 atom stereocenters. The van der Waals surface area contributed by atoms with E-state index in [-0.39, 0.29) is 5.91 Å². The third-order valence-electron chi connectivity index (χ3n) is 4.11. The van der Waals surface area contributed by atoms with Gasteiger partial charge in [0.1, 0.15) is 0 Å². The summed E-state index contributed by atoms with van der Waals surface area (Å²) in [5.74, 6) is 0.853. The number of likely N-dealkylation sites (tertiary alicyclic amines) is 1. The Bertz CT molecular complexity index is 860. The molecule has 1 fully saturated rings. The SMILES string of the molecule is O=C1CCCN1CCNc1nccc(-c2ccc(-c3cccs3)s2)n1. The molecule has 1 amide bonds. The fraction of sp³-hybridized carbons (Fsp3) is 0.278. The molecule has 3 aromatic rings. The van der Waals surface area contributed by atoms with E-state index in [2.05, 4.69) is 44.9 Å². The second-order valence-corrected chi connectivity index (χ2v) is 7.85. The van der Waals surface area contributed by atoms with Crippen LogP contribution in [-0.2, 0) is 4.79 Å². The van der Waals surface area contributed by atoms with E-state index >= 15 is 0 Å². The van der Waals surface area contributed by atoms with Crippen molar-refractivity contribution in [2.75, 3.05) is 25.0 Å². The van der Waals surface area contributed by atoms with Gasteiger partial charge < -0.3 is 10.2 Å². The van der Waals surface area contributed by atoms with Crippen molar-refractivity contribution in [2.45, 2.75) is 12.8 Å². The highest BCUT2D eigenvalue weighted by molar-refractivity contribution is 7.23. The minimum absolute atomic E-state index is 0.246. The first-order valence-corrected chi connectivity index (χ1v) is 9.98. The summed E-state index contributed by atoms with van der Waals surface area (Å²) in [5.41, 5.74) is 0.919. The first-order chi connectivity index (χ1) is 12.3. The Balaban J connectivity index is 1.42. The third-order valence-corrected chi connectivity index (χ3v) is 6.29. The highest BCUT2D eigenvalue weighted by atomic mass is 32.1. The molecule has 3 aromatic heterocycles. The maximum absolute atomic E-state index is 11.6. The zero-order valence-corrected chi connectivity index (χ0v) is 15.3. The van der Waals surface area contributed by atoms with Gasteiger partial charge in [0.15, 0.2) is 0 Å². The van der Waals surface area contributed by atoms with Crippen LogP contribution in [0.3, 0.4) is 0 Å². The molecular weight excluding hydrogens is 352 g/mol. The van der Waals surface area contributed by atoms with Crippen LogP contribution >= 0.6 is 22.7 Å². The fourth-order valence-electron chi connectivity index (χ4n) is 2.85.